The Hall–Kier alpha value is 1.00. The van der Waals surface area contributed by atoms with E-state index in [0.29, 0.717) is 0 Å². The predicted molar refractivity (Wildman–Crippen MR) is 45.8 cm³/mol. The minimum atomic E-state index is 0. The first-order valence-electron chi connectivity index (χ1n) is 4.75. The van der Waals surface area contributed by atoms with E-state index in [1.807, 2.05) is 0 Å². The average molecular weight is 162 g/mol. The summed E-state index contributed by atoms with van der Waals surface area (Å²) in [7, 11) is 0. The van der Waals surface area contributed by atoms with Crippen LogP contribution in [0, 0.1) is 12.3 Å². The van der Waals surface area contributed by atoms with Crippen LogP contribution in [0.3, 0.4) is 0 Å². The monoisotopic (exact) mass is 162 g/mol. The summed E-state index contributed by atoms with van der Waals surface area (Å²) < 4.78 is 0. The van der Waals surface area contributed by atoms with Crippen molar-refractivity contribution in [3.8, 4) is 0 Å². The second kappa shape index (κ2) is 7.64. The maximum atomic E-state index is 2.45. The van der Waals surface area contributed by atoms with Crippen molar-refractivity contribution < 1.29 is 29.6 Å². The van der Waals surface area contributed by atoms with E-state index in [4.69, 9.17) is 0 Å². The van der Waals surface area contributed by atoms with Crippen molar-refractivity contribution in [3.05, 3.63) is 6.42 Å². The molecule has 0 heterocycles. The molecular formula is C10H19Na. The zero-order valence-electron chi connectivity index (χ0n) is 8.10. The Bertz CT molecular complexity index is 74.9. The number of rotatable bonds is 3. The van der Waals surface area contributed by atoms with E-state index >= 15 is 0 Å². The van der Waals surface area contributed by atoms with Crippen molar-refractivity contribution in [2.45, 2.75) is 51.9 Å². The number of unbranched alkanes of at least 4 members (excludes halogenated alkanes) is 1. The van der Waals surface area contributed by atoms with Gasteiger partial charge in [-0.05, 0) is 5.92 Å². The van der Waals surface area contributed by atoms with E-state index in [1.54, 1.807) is 0 Å². The topological polar surface area (TPSA) is 0 Å². The second-order valence-corrected chi connectivity index (χ2v) is 3.45. The van der Waals surface area contributed by atoms with E-state index in [9.17, 15) is 0 Å². The average Bonchev–Trinajstić information content (AvgIpc) is 2.03. The molecule has 0 N–H and O–H groups in total. The molecule has 1 aliphatic carbocycles. The maximum absolute atomic E-state index is 2.45. The molecule has 0 bridgehead atoms. The number of hydrogen-bond acceptors (Lipinski definition) is 0. The quantitative estimate of drug-likeness (QED) is 0.420. The summed E-state index contributed by atoms with van der Waals surface area (Å²) in [6.07, 6.45) is 12.5. The van der Waals surface area contributed by atoms with Gasteiger partial charge in [0.15, 0.2) is 0 Å². The van der Waals surface area contributed by atoms with E-state index in [-0.39, 0.29) is 29.6 Å². The molecule has 0 atom stereocenters. The Morgan fingerprint density at radius 1 is 1.27 bits per heavy atom. The second-order valence-electron chi connectivity index (χ2n) is 3.45. The molecule has 11 heavy (non-hydrogen) atoms. The molecule has 1 heteroatoms. The van der Waals surface area contributed by atoms with Crippen LogP contribution in [0.4, 0.5) is 0 Å². The normalized spacial score (nSPS) is 19.4. The van der Waals surface area contributed by atoms with Crippen LogP contribution >= 0.6 is 0 Å². The van der Waals surface area contributed by atoms with Gasteiger partial charge in [-0.25, -0.2) is 0 Å². The molecule has 0 aliphatic heterocycles. The van der Waals surface area contributed by atoms with Crippen LogP contribution in [0.25, 0.3) is 0 Å². The first-order valence-corrected chi connectivity index (χ1v) is 4.75. The molecule has 0 saturated heterocycles. The van der Waals surface area contributed by atoms with Gasteiger partial charge in [0, 0.05) is 0 Å². The summed E-state index contributed by atoms with van der Waals surface area (Å²) in [5, 5.41) is 0. The van der Waals surface area contributed by atoms with Crippen molar-refractivity contribution in [1.29, 1.82) is 0 Å². The van der Waals surface area contributed by atoms with Gasteiger partial charge in [0.2, 0.25) is 0 Å². The fraction of sp³-hybridized carbons (Fsp3) is 0.900. The zero-order valence-corrected chi connectivity index (χ0v) is 10.1. The van der Waals surface area contributed by atoms with Crippen LogP contribution in [-0.2, 0) is 0 Å². The van der Waals surface area contributed by atoms with Crippen molar-refractivity contribution in [2.24, 2.45) is 5.92 Å². The predicted octanol–water partition coefficient (Wildman–Crippen LogP) is 0.575. The minimum absolute atomic E-state index is 0. The van der Waals surface area contributed by atoms with Gasteiger partial charge in [0.1, 0.15) is 0 Å². The molecule has 0 spiro atoms. The Morgan fingerprint density at radius 3 is 2.45 bits per heavy atom. The van der Waals surface area contributed by atoms with E-state index in [0.717, 1.165) is 5.92 Å². The van der Waals surface area contributed by atoms with E-state index in [1.165, 1.54) is 44.9 Å². The van der Waals surface area contributed by atoms with Gasteiger partial charge in [-0.1, -0.05) is 39.0 Å². The van der Waals surface area contributed by atoms with Crippen molar-refractivity contribution in [1.82, 2.24) is 0 Å². The summed E-state index contributed by atoms with van der Waals surface area (Å²) in [6.45, 7) is 2.29. The third kappa shape index (κ3) is 5.27. The summed E-state index contributed by atoms with van der Waals surface area (Å²) in [5.74, 6) is 1.07. The Kier molecular flexibility index (Phi) is 8.33. The SMILES string of the molecule is CCCCC1CC[CH-]CC1.[Na+]. The third-order valence-corrected chi connectivity index (χ3v) is 2.52. The minimum Gasteiger partial charge on any atom is -0.328 e. The Labute approximate surface area is 93.4 Å². The molecular weight excluding hydrogens is 143 g/mol. The fourth-order valence-electron chi connectivity index (χ4n) is 1.78. The molecule has 1 aliphatic rings. The van der Waals surface area contributed by atoms with Crippen molar-refractivity contribution in [3.63, 3.8) is 0 Å². The number of hydrogen-bond donors (Lipinski definition) is 0. The zero-order chi connectivity index (χ0) is 7.23. The van der Waals surface area contributed by atoms with Gasteiger partial charge in [-0.3, -0.25) is 0 Å². The molecule has 0 nitrogen and oxygen atoms in total. The van der Waals surface area contributed by atoms with Crippen molar-refractivity contribution in [2.75, 3.05) is 0 Å². The molecule has 0 aromatic carbocycles. The molecule has 0 radical (unpaired) electrons. The fourth-order valence-corrected chi connectivity index (χ4v) is 1.78. The molecule has 60 valence electrons. The first-order chi connectivity index (χ1) is 4.93. The summed E-state index contributed by atoms with van der Waals surface area (Å²) in [4.78, 5) is 0. The van der Waals surface area contributed by atoms with E-state index in [2.05, 4.69) is 13.3 Å². The Balaban J connectivity index is 0.000001000. The van der Waals surface area contributed by atoms with Crippen molar-refractivity contribution >= 4 is 0 Å². The van der Waals surface area contributed by atoms with Crippen LogP contribution in [0.2, 0.25) is 0 Å². The van der Waals surface area contributed by atoms with Gasteiger partial charge >= 0.3 is 29.6 Å². The molecule has 0 aromatic heterocycles. The summed E-state index contributed by atoms with van der Waals surface area (Å²) >= 11 is 0. The molecule has 1 fully saturated rings. The molecule has 1 saturated carbocycles. The molecule has 0 amide bonds. The Morgan fingerprint density at radius 2 is 1.91 bits per heavy atom. The van der Waals surface area contributed by atoms with Crippen LogP contribution in [0.1, 0.15) is 51.9 Å². The van der Waals surface area contributed by atoms with Crippen LogP contribution in [-0.4, -0.2) is 0 Å². The van der Waals surface area contributed by atoms with Crippen LogP contribution in [0.5, 0.6) is 0 Å². The first kappa shape index (κ1) is 12.0. The largest absolute Gasteiger partial charge is 1.00 e. The van der Waals surface area contributed by atoms with Gasteiger partial charge in [0.25, 0.3) is 0 Å². The molecule has 0 unspecified atom stereocenters. The summed E-state index contributed by atoms with van der Waals surface area (Å²) in [5.41, 5.74) is 0. The van der Waals surface area contributed by atoms with Crippen LogP contribution in [0.15, 0.2) is 0 Å². The molecule has 1 rings (SSSR count). The molecule has 0 aromatic rings. The van der Waals surface area contributed by atoms with Gasteiger partial charge in [-0.15, -0.1) is 0 Å². The van der Waals surface area contributed by atoms with Gasteiger partial charge in [-0.2, -0.15) is 12.8 Å². The summed E-state index contributed by atoms with van der Waals surface area (Å²) in [6, 6.07) is 0. The maximum Gasteiger partial charge on any atom is 1.00 e. The van der Waals surface area contributed by atoms with Gasteiger partial charge < -0.3 is 6.42 Å². The van der Waals surface area contributed by atoms with E-state index < -0.39 is 0 Å². The van der Waals surface area contributed by atoms with Crippen LogP contribution < -0.4 is 29.6 Å². The standard InChI is InChI=1S/C10H19.Na/c1-2-3-7-10-8-5-4-6-9-10;/h4,10H,2-3,5-9H2,1H3;/q-1;+1. The third-order valence-electron chi connectivity index (χ3n) is 2.52. The smallest absolute Gasteiger partial charge is 0.328 e. The van der Waals surface area contributed by atoms with Gasteiger partial charge in [0.05, 0.1) is 0 Å².